The van der Waals surface area contributed by atoms with Crippen molar-refractivity contribution in [2.75, 3.05) is 25.4 Å². The molecule has 1 amide bonds. The summed E-state index contributed by atoms with van der Waals surface area (Å²) in [6, 6.07) is 3.39. The van der Waals surface area contributed by atoms with Crippen molar-refractivity contribution in [1.82, 2.24) is 15.2 Å². The number of nitrogen functional groups attached to an aromatic ring is 1. The Labute approximate surface area is 114 Å². The van der Waals surface area contributed by atoms with Crippen LogP contribution in [-0.2, 0) is 0 Å². The minimum atomic E-state index is -0.156. The van der Waals surface area contributed by atoms with Gasteiger partial charge in [0.1, 0.15) is 5.69 Å². The van der Waals surface area contributed by atoms with Crippen LogP contribution in [0, 0.1) is 0 Å². The van der Waals surface area contributed by atoms with E-state index in [2.05, 4.69) is 15.2 Å². The van der Waals surface area contributed by atoms with E-state index in [1.807, 2.05) is 6.92 Å². The Kier molecular flexibility index (Phi) is 4.74. The summed E-state index contributed by atoms with van der Waals surface area (Å²) in [7, 11) is 0. The maximum atomic E-state index is 12.0. The lowest BCUT2D eigenvalue weighted by atomic mass is 10.1. The zero-order chi connectivity index (χ0) is 13.7. The number of anilines is 1. The molecule has 1 aliphatic rings. The van der Waals surface area contributed by atoms with Gasteiger partial charge in [0.05, 0.1) is 0 Å². The molecule has 2 heterocycles. The van der Waals surface area contributed by atoms with Crippen molar-refractivity contribution in [3.63, 3.8) is 0 Å². The highest BCUT2D eigenvalue weighted by molar-refractivity contribution is 5.93. The second-order valence-electron chi connectivity index (χ2n) is 5.21. The van der Waals surface area contributed by atoms with Crippen LogP contribution >= 0.6 is 0 Å². The van der Waals surface area contributed by atoms with E-state index in [4.69, 9.17) is 5.73 Å². The third-order valence-corrected chi connectivity index (χ3v) is 3.37. The molecule has 104 valence electrons. The van der Waals surface area contributed by atoms with Gasteiger partial charge in [0, 0.05) is 24.5 Å². The fraction of sp³-hybridized carbons (Fsp3) is 0.571. The normalized spacial score (nSPS) is 17.9. The molecule has 1 aliphatic heterocycles. The Morgan fingerprint density at radius 1 is 1.47 bits per heavy atom. The molecule has 2 rings (SSSR count). The molecule has 0 saturated carbocycles. The van der Waals surface area contributed by atoms with Crippen molar-refractivity contribution in [2.24, 2.45) is 0 Å². The number of carbonyl (C=O) groups is 1. The number of hydrogen-bond donors (Lipinski definition) is 2. The summed E-state index contributed by atoms with van der Waals surface area (Å²) in [4.78, 5) is 18.4. The summed E-state index contributed by atoms with van der Waals surface area (Å²) >= 11 is 0. The monoisotopic (exact) mass is 262 g/mol. The molecule has 1 atom stereocenters. The zero-order valence-corrected chi connectivity index (χ0v) is 11.4. The van der Waals surface area contributed by atoms with Crippen LogP contribution in [0.2, 0.25) is 0 Å². The number of aromatic nitrogens is 1. The molecular formula is C14H22N4O. The maximum absolute atomic E-state index is 12.0. The van der Waals surface area contributed by atoms with E-state index < -0.39 is 0 Å². The number of nitrogens with zero attached hydrogens (tertiary/aromatic N) is 2. The SMILES string of the molecule is CC(CN1CCCCC1)NC(=O)c1cc(N)ccn1. The summed E-state index contributed by atoms with van der Waals surface area (Å²) in [5.74, 6) is -0.156. The summed E-state index contributed by atoms with van der Waals surface area (Å²) < 4.78 is 0. The quantitative estimate of drug-likeness (QED) is 0.857. The van der Waals surface area contributed by atoms with Gasteiger partial charge in [0.25, 0.3) is 5.91 Å². The van der Waals surface area contributed by atoms with Gasteiger partial charge >= 0.3 is 0 Å². The maximum Gasteiger partial charge on any atom is 0.270 e. The number of piperidine rings is 1. The standard InChI is InChI=1S/C14H22N4O/c1-11(10-18-7-3-2-4-8-18)17-14(19)13-9-12(15)5-6-16-13/h5-6,9,11H,2-4,7-8,10H2,1H3,(H2,15,16)(H,17,19). The largest absolute Gasteiger partial charge is 0.399 e. The van der Waals surface area contributed by atoms with Gasteiger partial charge in [-0.2, -0.15) is 0 Å². The Balaban J connectivity index is 1.84. The van der Waals surface area contributed by atoms with Crippen LogP contribution in [0.3, 0.4) is 0 Å². The van der Waals surface area contributed by atoms with Gasteiger partial charge < -0.3 is 16.0 Å². The van der Waals surface area contributed by atoms with Gasteiger partial charge in [-0.15, -0.1) is 0 Å². The second kappa shape index (κ2) is 6.52. The van der Waals surface area contributed by atoms with Gasteiger partial charge in [-0.05, 0) is 45.0 Å². The first-order chi connectivity index (χ1) is 9.15. The van der Waals surface area contributed by atoms with Crippen LogP contribution in [0.1, 0.15) is 36.7 Å². The molecule has 0 aromatic carbocycles. The van der Waals surface area contributed by atoms with Gasteiger partial charge in [-0.25, -0.2) is 0 Å². The minimum absolute atomic E-state index is 0.119. The van der Waals surface area contributed by atoms with Crippen LogP contribution in [0.15, 0.2) is 18.3 Å². The van der Waals surface area contributed by atoms with Gasteiger partial charge in [-0.3, -0.25) is 9.78 Å². The van der Waals surface area contributed by atoms with E-state index in [0.29, 0.717) is 11.4 Å². The average Bonchev–Trinajstić information content (AvgIpc) is 2.39. The molecule has 1 fully saturated rings. The van der Waals surface area contributed by atoms with E-state index >= 15 is 0 Å². The highest BCUT2D eigenvalue weighted by atomic mass is 16.1. The first-order valence-corrected chi connectivity index (χ1v) is 6.90. The number of hydrogen-bond acceptors (Lipinski definition) is 4. The second-order valence-corrected chi connectivity index (χ2v) is 5.21. The number of carbonyl (C=O) groups excluding carboxylic acids is 1. The first-order valence-electron chi connectivity index (χ1n) is 6.90. The van der Waals surface area contributed by atoms with Crippen LogP contribution in [0.5, 0.6) is 0 Å². The van der Waals surface area contributed by atoms with E-state index in [1.165, 1.54) is 19.3 Å². The molecule has 1 aromatic rings. The van der Waals surface area contributed by atoms with E-state index in [9.17, 15) is 4.79 Å². The lowest BCUT2D eigenvalue weighted by molar-refractivity contribution is 0.0920. The predicted molar refractivity (Wildman–Crippen MR) is 75.9 cm³/mol. The highest BCUT2D eigenvalue weighted by Gasteiger charge is 2.16. The van der Waals surface area contributed by atoms with Crippen molar-refractivity contribution in [1.29, 1.82) is 0 Å². The van der Waals surface area contributed by atoms with Crippen molar-refractivity contribution in [2.45, 2.75) is 32.2 Å². The summed E-state index contributed by atoms with van der Waals surface area (Å²) in [6.45, 7) is 5.19. The minimum Gasteiger partial charge on any atom is -0.399 e. The topological polar surface area (TPSA) is 71.2 Å². The Morgan fingerprint density at radius 2 is 2.21 bits per heavy atom. The molecule has 5 heteroatoms. The fourth-order valence-electron chi connectivity index (χ4n) is 2.44. The van der Waals surface area contributed by atoms with Crippen molar-refractivity contribution >= 4 is 11.6 Å². The summed E-state index contributed by atoms with van der Waals surface area (Å²) in [5.41, 5.74) is 6.59. The van der Waals surface area contributed by atoms with E-state index in [0.717, 1.165) is 19.6 Å². The Morgan fingerprint density at radius 3 is 2.89 bits per heavy atom. The summed E-state index contributed by atoms with van der Waals surface area (Å²) in [6.07, 6.45) is 5.40. The highest BCUT2D eigenvalue weighted by Crippen LogP contribution is 2.09. The van der Waals surface area contributed by atoms with Crippen LogP contribution in [0.4, 0.5) is 5.69 Å². The number of pyridine rings is 1. The smallest absolute Gasteiger partial charge is 0.270 e. The number of nitrogens with one attached hydrogen (secondary N) is 1. The lowest BCUT2D eigenvalue weighted by Crippen LogP contribution is -2.43. The first kappa shape index (κ1) is 13.8. The lowest BCUT2D eigenvalue weighted by Gasteiger charge is -2.29. The molecule has 0 radical (unpaired) electrons. The number of amides is 1. The van der Waals surface area contributed by atoms with Crippen LogP contribution in [0.25, 0.3) is 0 Å². The average molecular weight is 262 g/mol. The Bertz CT molecular complexity index is 429. The molecule has 0 spiro atoms. The van der Waals surface area contributed by atoms with E-state index in [-0.39, 0.29) is 11.9 Å². The molecule has 0 aliphatic carbocycles. The van der Waals surface area contributed by atoms with Crippen LogP contribution < -0.4 is 11.1 Å². The van der Waals surface area contributed by atoms with Gasteiger partial charge in [0.15, 0.2) is 0 Å². The summed E-state index contributed by atoms with van der Waals surface area (Å²) in [5, 5.41) is 2.97. The molecule has 19 heavy (non-hydrogen) atoms. The van der Waals surface area contributed by atoms with Crippen LogP contribution in [-0.4, -0.2) is 41.5 Å². The van der Waals surface area contributed by atoms with Gasteiger partial charge in [-0.1, -0.05) is 6.42 Å². The van der Waals surface area contributed by atoms with Gasteiger partial charge in [0.2, 0.25) is 0 Å². The molecule has 1 aromatic heterocycles. The zero-order valence-electron chi connectivity index (χ0n) is 11.4. The molecule has 3 N–H and O–H groups in total. The third-order valence-electron chi connectivity index (χ3n) is 3.37. The van der Waals surface area contributed by atoms with Crippen molar-refractivity contribution < 1.29 is 4.79 Å². The number of nitrogens with two attached hydrogens (primary N) is 1. The molecule has 1 unspecified atom stereocenters. The molecule has 0 bridgehead atoms. The number of rotatable bonds is 4. The molecule has 1 saturated heterocycles. The fourth-order valence-corrected chi connectivity index (χ4v) is 2.44. The number of likely N-dealkylation sites (tertiary alicyclic amines) is 1. The van der Waals surface area contributed by atoms with Crippen molar-refractivity contribution in [3.05, 3.63) is 24.0 Å². The molecule has 5 nitrogen and oxygen atoms in total. The predicted octanol–water partition coefficient (Wildman–Crippen LogP) is 1.27. The van der Waals surface area contributed by atoms with E-state index in [1.54, 1.807) is 18.3 Å². The third kappa shape index (κ3) is 4.21. The Hall–Kier alpha value is -1.62. The van der Waals surface area contributed by atoms with Crippen molar-refractivity contribution in [3.8, 4) is 0 Å². The molecular weight excluding hydrogens is 240 g/mol.